The number of aromatic nitrogens is 3. The SMILES string of the molecule is CC(NC(=O)c1c(O)ccc2cnnn12)C(=O)OF. The summed E-state index contributed by atoms with van der Waals surface area (Å²) < 4.78 is 12.8. The fraction of sp³-hybridized carbons (Fsp3) is 0.200. The van der Waals surface area contributed by atoms with Gasteiger partial charge in [0.05, 0.1) is 11.7 Å². The van der Waals surface area contributed by atoms with Gasteiger partial charge in [0.1, 0.15) is 11.8 Å². The molecule has 2 N–H and O–H groups in total. The Kier molecular flexibility index (Phi) is 3.27. The van der Waals surface area contributed by atoms with Crippen molar-refractivity contribution in [3.8, 4) is 5.75 Å². The van der Waals surface area contributed by atoms with Crippen molar-refractivity contribution in [3.63, 3.8) is 0 Å². The maximum absolute atomic E-state index is 11.9. The standard InChI is InChI=1S/C10H9FN4O4/c1-5(10(18)19-11)13-9(17)8-7(16)3-2-6-4-12-14-15(6)8/h2-5,16H,1H3,(H,13,17). The number of pyridine rings is 1. The zero-order valence-electron chi connectivity index (χ0n) is 9.70. The second kappa shape index (κ2) is 4.88. The Balaban J connectivity index is 2.33. The number of rotatable bonds is 3. The first-order valence-corrected chi connectivity index (χ1v) is 5.20. The number of hydrogen-bond acceptors (Lipinski definition) is 6. The van der Waals surface area contributed by atoms with Gasteiger partial charge in [-0.25, -0.2) is 9.31 Å². The number of carbonyl (C=O) groups is 2. The first-order chi connectivity index (χ1) is 9.04. The van der Waals surface area contributed by atoms with Gasteiger partial charge in [-0.15, -0.1) is 5.10 Å². The molecule has 1 amide bonds. The van der Waals surface area contributed by atoms with E-state index in [2.05, 4.69) is 20.6 Å². The summed E-state index contributed by atoms with van der Waals surface area (Å²) in [5.74, 6) is -2.42. The van der Waals surface area contributed by atoms with Crippen molar-refractivity contribution < 1.29 is 24.2 Å². The number of nitrogens with one attached hydrogen (secondary N) is 1. The second-order valence-electron chi connectivity index (χ2n) is 3.73. The van der Waals surface area contributed by atoms with Crippen LogP contribution in [-0.4, -0.2) is 37.9 Å². The molecule has 100 valence electrons. The summed E-state index contributed by atoms with van der Waals surface area (Å²) >= 11 is 0. The first-order valence-electron chi connectivity index (χ1n) is 5.20. The Hall–Kier alpha value is -2.71. The molecule has 19 heavy (non-hydrogen) atoms. The third kappa shape index (κ3) is 2.30. The van der Waals surface area contributed by atoms with Gasteiger partial charge in [0.25, 0.3) is 5.91 Å². The third-order valence-corrected chi connectivity index (χ3v) is 2.43. The molecule has 2 rings (SSSR count). The van der Waals surface area contributed by atoms with Crippen molar-refractivity contribution in [3.05, 3.63) is 24.0 Å². The smallest absolute Gasteiger partial charge is 0.370 e. The van der Waals surface area contributed by atoms with Crippen LogP contribution in [0.2, 0.25) is 0 Å². The lowest BCUT2D eigenvalue weighted by molar-refractivity contribution is -0.185. The van der Waals surface area contributed by atoms with Gasteiger partial charge in [-0.1, -0.05) is 5.21 Å². The summed E-state index contributed by atoms with van der Waals surface area (Å²) in [5.41, 5.74) is 0.261. The van der Waals surface area contributed by atoms with Gasteiger partial charge in [0.15, 0.2) is 5.69 Å². The van der Waals surface area contributed by atoms with E-state index >= 15 is 0 Å². The van der Waals surface area contributed by atoms with E-state index in [4.69, 9.17) is 0 Å². The van der Waals surface area contributed by atoms with Crippen LogP contribution in [-0.2, 0) is 9.74 Å². The first kappa shape index (κ1) is 12.7. The minimum atomic E-state index is -1.25. The van der Waals surface area contributed by atoms with E-state index in [1.165, 1.54) is 25.3 Å². The van der Waals surface area contributed by atoms with Gasteiger partial charge in [-0.05, 0) is 19.1 Å². The number of amides is 1. The zero-order chi connectivity index (χ0) is 14.0. The monoisotopic (exact) mass is 268 g/mol. The lowest BCUT2D eigenvalue weighted by atomic mass is 10.2. The van der Waals surface area contributed by atoms with Crippen molar-refractivity contribution in [1.29, 1.82) is 0 Å². The number of carbonyl (C=O) groups excluding carboxylic acids is 2. The van der Waals surface area contributed by atoms with E-state index in [1.807, 2.05) is 0 Å². The van der Waals surface area contributed by atoms with Crippen LogP contribution in [0.25, 0.3) is 5.52 Å². The Morgan fingerprint density at radius 1 is 1.53 bits per heavy atom. The fourth-order valence-electron chi connectivity index (χ4n) is 1.49. The minimum absolute atomic E-state index is 0.214. The molecule has 0 aliphatic heterocycles. The molecule has 0 saturated heterocycles. The molecule has 0 aliphatic carbocycles. The highest BCUT2D eigenvalue weighted by atomic mass is 19.3. The van der Waals surface area contributed by atoms with Crippen LogP contribution in [0.3, 0.4) is 0 Å². The lowest BCUT2D eigenvalue weighted by Crippen LogP contribution is -2.39. The average molecular weight is 268 g/mol. The quantitative estimate of drug-likeness (QED) is 0.810. The number of hydrogen-bond donors (Lipinski definition) is 2. The number of fused-ring (bicyclic) bond motifs is 1. The van der Waals surface area contributed by atoms with E-state index in [1.54, 1.807) is 0 Å². The molecule has 2 aromatic rings. The molecule has 0 aromatic carbocycles. The Morgan fingerprint density at radius 3 is 2.95 bits per heavy atom. The van der Waals surface area contributed by atoms with Crippen molar-refractivity contribution in [2.24, 2.45) is 0 Å². The highest BCUT2D eigenvalue weighted by molar-refractivity contribution is 5.97. The third-order valence-electron chi connectivity index (χ3n) is 2.43. The Morgan fingerprint density at radius 2 is 2.26 bits per heavy atom. The number of nitrogens with zero attached hydrogens (tertiary/aromatic N) is 3. The summed E-state index contributed by atoms with van der Waals surface area (Å²) in [7, 11) is 0. The summed E-state index contributed by atoms with van der Waals surface area (Å²) in [5, 5.41) is 19.0. The number of aromatic hydroxyl groups is 1. The highest BCUT2D eigenvalue weighted by Gasteiger charge is 2.23. The van der Waals surface area contributed by atoms with Gasteiger partial charge in [0.2, 0.25) is 0 Å². The summed E-state index contributed by atoms with van der Waals surface area (Å²) in [6.45, 7) is 1.23. The largest absolute Gasteiger partial charge is 0.505 e. The van der Waals surface area contributed by atoms with Crippen LogP contribution in [0, 0.1) is 0 Å². The molecular weight excluding hydrogens is 259 g/mol. The average Bonchev–Trinajstić information content (AvgIpc) is 2.85. The summed E-state index contributed by atoms with van der Waals surface area (Å²) in [4.78, 5) is 25.8. The molecule has 1 unspecified atom stereocenters. The van der Waals surface area contributed by atoms with E-state index in [-0.39, 0.29) is 11.4 Å². The molecule has 0 saturated carbocycles. The molecule has 0 radical (unpaired) electrons. The van der Waals surface area contributed by atoms with Crippen molar-refractivity contribution in [2.75, 3.05) is 0 Å². The molecule has 2 heterocycles. The molecule has 9 heteroatoms. The van der Waals surface area contributed by atoms with Gasteiger partial charge in [-0.2, -0.15) is 0 Å². The fourth-order valence-corrected chi connectivity index (χ4v) is 1.49. The van der Waals surface area contributed by atoms with E-state index in [9.17, 15) is 19.2 Å². The van der Waals surface area contributed by atoms with Crippen molar-refractivity contribution >= 4 is 17.4 Å². The molecule has 1 atom stereocenters. The van der Waals surface area contributed by atoms with Crippen molar-refractivity contribution in [2.45, 2.75) is 13.0 Å². The van der Waals surface area contributed by atoms with Crippen LogP contribution in [0.4, 0.5) is 4.53 Å². The maximum atomic E-state index is 11.9. The van der Waals surface area contributed by atoms with Crippen LogP contribution < -0.4 is 5.32 Å². The number of halogens is 1. The van der Waals surface area contributed by atoms with Gasteiger partial charge in [-0.3, -0.25) is 9.74 Å². The predicted molar refractivity (Wildman–Crippen MR) is 58.8 cm³/mol. The minimum Gasteiger partial charge on any atom is -0.505 e. The van der Waals surface area contributed by atoms with E-state index in [0.717, 1.165) is 4.52 Å². The second-order valence-corrected chi connectivity index (χ2v) is 3.73. The molecule has 0 spiro atoms. The van der Waals surface area contributed by atoms with E-state index < -0.39 is 17.9 Å². The highest BCUT2D eigenvalue weighted by Crippen LogP contribution is 2.18. The lowest BCUT2D eigenvalue weighted by Gasteiger charge is -2.11. The molecule has 0 fully saturated rings. The van der Waals surface area contributed by atoms with Gasteiger partial charge >= 0.3 is 5.97 Å². The maximum Gasteiger partial charge on any atom is 0.370 e. The summed E-state index contributed by atoms with van der Waals surface area (Å²) in [6, 6.07) is 1.58. The topological polar surface area (TPSA) is 106 Å². The molecular formula is C10H9FN4O4. The normalized spacial score (nSPS) is 12.1. The zero-order valence-corrected chi connectivity index (χ0v) is 9.70. The Bertz CT molecular complexity index is 641. The van der Waals surface area contributed by atoms with Gasteiger partial charge < -0.3 is 10.4 Å². The molecule has 0 bridgehead atoms. The predicted octanol–water partition coefficient (Wildman–Crippen LogP) is -0.0191. The Labute approximate surface area is 105 Å². The summed E-state index contributed by atoms with van der Waals surface area (Å²) in [6.07, 6.45) is 1.38. The van der Waals surface area contributed by atoms with Crippen molar-refractivity contribution in [1.82, 2.24) is 20.1 Å². The van der Waals surface area contributed by atoms with Gasteiger partial charge in [0, 0.05) is 4.53 Å². The van der Waals surface area contributed by atoms with Crippen LogP contribution >= 0.6 is 0 Å². The molecule has 0 aliphatic rings. The van der Waals surface area contributed by atoms with Crippen LogP contribution in [0.15, 0.2) is 18.3 Å². The molecule has 2 aromatic heterocycles. The van der Waals surface area contributed by atoms with Crippen LogP contribution in [0.5, 0.6) is 5.75 Å². The molecule has 8 nitrogen and oxygen atoms in total. The van der Waals surface area contributed by atoms with Crippen LogP contribution in [0.1, 0.15) is 17.4 Å². The van der Waals surface area contributed by atoms with E-state index in [0.29, 0.717) is 5.52 Å².